The number of hydrogen-bond donors (Lipinski definition) is 2. The normalized spacial score (nSPS) is 18.1. The van der Waals surface area contributed by atoms with Crippen molar-refractivity contribution in [2.24, 2.45) is 0 Å². The zero-order chi connectivity index (χ0) is 21.5. The van der Waals surface area contributed by atoms with Crippen LogP contribution in [0.1, 0.15) is 23.7 Å². The number of aliphatic hydroxyl groups excluding tert-OH is 1. The number of β-amino-alcohol motifs (C(OH)–C–C–N with tert-alkyl or cyclic N) is 1. The molecule has 0 aliphatic carbocycles. The Labute approximate surface area is 178 Å². The minimum absolute atomic E-state index is 0.105. The lowest BCUT2D eigenvalue weighted by Gasteiger charge is -2.21. The van der Waals surface area contributed by atoms with E-state index in [2.05, 4.69) is 10.2 Å². The number of carbonyl (C=O) groups is 1. The fraction of sp³-hybridized carbons (Fsp3) is 0.292. The summed E-state index contributed by atoms with van der Waals surface area (Å²) in [4.78, 5) is 33.1. The number of amides is 1. The molecule has 7 heteroatoms. The predicted octanol–water partition coefficient (Wildman–Crippen LogP) is 2.19. The summed E-state index contributed by atoms with van der Waals surface area (Å²) < 4.78 is 1.44. The van der Waals surface area contributed by atoms with Gasteiger partial charge in [0.2, 0.25) is 0 Å². The minimum atomic E-state index is -0.292. The summed E-state index contributed by atoms with van der Waals surface area (Å²) in [6.07, 6.45) is 2.11. The van der Waals surface area contributed by atoms with Crippen LogP contribution in [0.3, 0.4) is 0 Å². The molecule has 2 aromatic heterocycles. The lowest BCUT2D eigenvalue weighted by atomic mass is 10.1. The van der Waals surface area contributed by atoms with E-state index in [9.17, 15) is 14.7 Å². The lowest BCUT2D eigenvalue weighted by Crippen LogP contribution is -2.41. The average molecular weight is 416 g/mol. The van der Waals surface area contributed by atoms with Crippen molar-refractivity contribution in [1.82, 2.24) is 19.6 Å². The molecular formula is C24H24N4O3. The molecule has 0 saturated carbocycles. The second kappa shape index (κ2) is 7.76. The van der Waals surface area contributed by atoms with Crippen molar-refractivity contribution in [1.29, 1.82) is 0 Å². The van der Waals surface area contributed by atoms with E-state index >= 15 is 0 Å². The summed E-state index contributed by atoms with van der Waals surface area (Å²) in [5, 5.41) is 15.1. The zero-order valence-electron chi connectivity index (χ0n) is 17.3. The molecule has 7 nitrogen and oxygen atoms in total. The number of aromatic nitrogens is 2. The first kappa shape index (κ1) is 19.7. The number of aliphatic hydroxyl groups is 1. The summed E-state index contributed by atoms with van der Waals surface area (Å²) in [6.45, 7) is 4.06. The van der Waals surface area contributed by atoms with Crippen LogP contribution in [-0.2, 0) is 0 Å². The van der Waals surface area contributed by atoms with Gasteiger partial charge in [0.05, 0.1) is 22.6 Å². The third-order valence-electron chi connectivity index (χ3n) is 5.94. The highest BCUT2D eigenvalue weighted by Gasteiger charge is 2.23. The first-order valence-corrected chi connectivity index (χ1v) is 10.6. The van der Waals surface area contributed by atoms with Crippen LogP contribution in [0.4, 0.5) is 0 Å². The van der Waals surface area contributed by atoms with Crippen molar-refractivity contribution in [2.75, 3.05) is 19.6 Å². The smallest absolute Gasteiger partial charge is 0.265 e. The van der Waals surface area contributed by atoms with E-state index < -0.39 is 0 Å². The second-order valence-electron chi connectivity index (χ2n) is 8.29. The van der Waals surface area contributed by atoms with E-state index in [0.29, 0.717) is 35.2 Å². The number of pyridine rings is 1. The Bertz CT molecular complexity index is 1360. The number of nitrogens with one attached hydrogen (secondary N) is 1. The van der Waals surface area contributed by atoms with Crippen LogP contribution in [0.5, 0.6) is 0 Å². The molecule has 1 fully saturated rings. The summed E-state index contributed by atoms with van der Waals surface area (Å²) in [5.41, 5.74) is 1.11. The van der Waals surface area contributed by atoms with Crippen LogP contribution in [-0.4, -0.2) is 57.1 Å². The largest absolute Gasteiger partial charge is 0.392 e. The molecule has 0 unspecified atom stereocenters. The Hall–Kier alpha value is -3.29. The summed E-state index contributed by atoms with van der Waals surface area (Å²) in [7, 11) is 0. The van der Waals surface area contributed by atoms with Crippen molar-refractivity contribution >= 4 is 33.2 Å². The Kier molecular flexibility index (Phi) is 4.92. The third-order valence-corrected chi connectivity index (χ3v) is 5.94. The van der Waals surface area contributed by atoms with Gasteiger partial charge in [-0.25, -0.2) is 4.98 Å². The molecule has 31 heavy (non-hydrogen) atoms. The zero-order valence-corrected chi connectivity index (χ0v) is 17.3. The third kappa shape index (κ3) is 3.56. The minimum Gasteiger partial charge on any atom is -0.392 e. The van der Waals surface area contributed by atoms with Crippen LogP contribution >= 0.6 is 0 Å². The first-order chi connectivity index (χ1) is 15.0. The van der Waals surface area contributed by atoms with Crippen LogP contribution in [0.2, 0.25) is 0 Å². The molecule has 5 rings (SSSR count). The van der Waals surface area contributed by atoms with Gasteiger partial charge < -0.3 is 10.4 Å². The highest BCUT2D eigenvalue weighted by molar-refractivity contribution is 6.07. The Balaban J connectivity index is 1.55. The van der Waals surface area contributed by atoms with E-state index in [1.165, 1.54) is 4.40 Å². The molecule has 1 aliphatic heterocycles. The molecule has 0 bridgehead atoms. The highest BCUT2D eigenvalue weighted by Crippen LogP contribution is 2.23. The number of fused-ring (bicyclic) bond motifs is 4. The van der Waals surface area contributed by atoms with Crippen LogP contribution in [0.25, 0.3) is 27.3 Å². The monoisotopic (exact) mass is 416 g/mol. The number of hydrogen-bond acceptors (Lipinski definition) is 5. The maximum absolute atomic E-state index is 13.2. The molecule has 3 heterocycles. The van der Waals surface area contributed by atoms with Crippen LogP contribution in [0, 0.1) is 0 Å². The number of benzene rings is 2. The molecule has 4 aromatic rings. The summed E-state index contributed by atoms with van der Waals surface area (Å²) in [6, 6.07) is 14.8. The SMILES string of the molecule is C[C@H](CN1CC[C@H](O)C1)NC(=O)c1cccn2c(=O)c3ccc4ccccc4c3nc12. The van der Waals surface area contributed by atoms with Crippen molar-refractivity contribution in [2.45, 2.75) is 25.5 Å². The molecule has 2 atom stereocenters. The van der Waals surface area contributed by atoms with Crippen molar-refractivity contribution in [3.63, 3.8) is 0 Å². The Morgan fingerprint density at radius 3 is 2.84 bits per heavy atom. The van der Waals surface area contributed by atoms with E-state index in [-0.39, 0.29) is 23.6 Å². The molecule has 2 aromatic carbocycles. The molecular weight excluding hydrogens is 392 g/mol. The lowest BCUT2D eigenvalue weighted by molar-refractivity contribution is 0.0931. The van der Waals surface area contributed by atoms with Gasteiger partial charge in [-0.1, -0.05) is 30.3 Å². The second-order valence-corrected chi connectivity index (χ2v) is 8.29. The van der Waals surface area contributed by atoms with Gasteiger partial charge in [-0.3, -0.25) is 18.9 Å². The average Bonchev–Trinajstić information content (AvgIpc) is 3.17. The number of likely N-dealkylation sites (tertiary alicyclic amines) is 1. The standard InChI is InChI=1S/C24H24N4O3/c1-15(13-27-12-10-17(29)14-27)25-23(30)20-7-4-11-28-22(20)26-21-18-6-3-2-5-16(18)8-9-19(21)24(28)31/h2-9,11,15,17,29H,10,12-14H2,1H3,(H,25,30)/t15-,17+/m1/s1. The van der Waals surface area contributed by atoms with Crippen molar-refractivity contribution < 1.29 is 9.90 Å². The fourth-order valence-corrected chi connectivity index (χ4v) is 4.45. The van der Waals surface area contributed by atoms with E-state index in [1.54, 1.807) is 24.4 Å². The van der Waals surface area contributed by atoms with E-state index in [0.717, 1.165) is 23.7 Å². The molecule has 2 N–H and O–H groups in total. The maximum Gasteiger partial charge on any atom is 0.265 e. The van der Waals surface area contributed by atoms with E-state index in [4.69, 9.17) is 4.98 Å². The Morgan fingerprint density at radius 2 is 2.03 bits per heavy atom. The van der Waals surface area contributed by atoms with E-state index in [1.807, 2.05) is 37.3 Å². The molecule has 1 saturated heterocycles. The van der Waals surface area contributed by atoms with Crippen molar-refractivity contribution in [3.05, 3.63) is 70.6 Å². The quantitative estimate of drug-likeness (QED) is 0.393. The van der Waals surface area contributed by atoms with Gasteiger partial charge in [0.25, 0.3) is 11.5 Å². The van der Waals surface area contributed by atoms with Crippen molar-refractivity contribution in [3.8, 4) is 0 Å². The van der Waals surface area contributed by atoms with Gasteiger partial charge in [0.1, 0.15) is 0 Å². The molecule has 0 spiro atoms. The topological polar surface area (TPSA) is 86.9 Å². The molecule has 158 valence electrons. The number of nitrogens with zero attached hydrogens (tertiary/aromatic N) is 3. The Morgan fingerprint density at radius 1 is 1.19 bits per heavy atom. The predicted molar refractivity (Wildman–Crippen MR) is 120 cm³/mol. The molecule has 1 amide bonds. The van der Waals surface area contributed by atoms with Crippen LogP contribution in [0.15, 0.2) is 59.5 Å². The van der Waals surface area contributed by atoms with Gasteiger partial charge >= 0.3 is 0 Å². The highest BCUT2D eigenvalue weighted by atomic mass is 16.3. The van der Waals surface area contributed by atoms with Gasteiger partial charge in [0.15, 0.2) is 5.65 Å². The maximum atomic E-state index is 13.2. The van der Waals surface area contributed by atoms with Gasteiger partial charge in [0, 0.05) is 37.3 Å². The van der Waals surface area contributed by atoms with Crippen LogP contribution < -0.4 is 10.9 Å². The fourth-order valence-electron chi connectivity index (χ4n) is 4.45. The van der Waals surface area contributed by atoms with Gasteiger partial charge in [-0.05, 0) is 36.9 Å². The van der Waals surface area contributed by atoms with Gasteiger partial charge in [-0.15, -0.1) is 0 Å². The number of carbonyl (C=O) groups excluding carboxylic acids is 1. The van der Waals surface area contributed by atoms with Gasteiger partial charge in [-0.2, -0.15) is 0 Å². The first-order valence-electron chi connectivity index (χ1n) is 10.6. The summed E-state index contributed by atoms with van der Waals surface area (Å²) >= 11 is 0. The number of rotatable bonds is 4. The molecule has 0 radical (unpaired) electrons. The summed E-state index contributed by atoms with van der Waals surface area (Å²) in [5.74, 6) is -0.267. The molecule has 1 aliphatic rings.